The van der Waals surface area contributed by atoms with E-state index in [1.807, 2.05) is 0 Å². The van der Waals surface area contributed by atoms with Crippen LogP contribution in [-0.4, -0.2) is 32.6 Å². The van der Waals surface area contributed by atoms with Crippen LogP contribution in [0.25, 0.3) is 0 Å². The van der Waals surface area contributed by atoms with Gasteiger partial charge in [0.2, 0.25) is 0 Å². The van der Waals surface area contributed by atoms with Gasteiger partial charge in [-0.25, -0.2) is 0 Å². The van der Waals surface area contributed by atoms with Crippen LogP contribution >= 0.6 is 0 Å². The topological polar surface area (TPSA) is 55.8 Å². The largest absolute Gasteiger partial charge is 0.469 e. The molecule has 0 saturated heterocycles. The Balaban J connectivity index is 2.13. The number of benzene rings is 1. The second-order valence-corrected chi connectivity index (χ2v) is 17.4. The van der Waals surface area contributed by atoms with Crippen molar-refractivity contribution >= 4 is 14.3 Å². The van der Waals surface area contributed by atoms with Gasteiger partial charge >= 0.3 is 5.97 Å². The zero-order valence-corrected chi connectivity index (χ0v) is 25.9. The Morgan fingerprint density at radius 1 is 1.14 bits per heavy atom. The Morgan fingerprint density at radius 3 is 2.41 bits per heavy atom. The first-order valence-corrected chi connectivity index (χ1v) is 17.5. The van der Waals surface area contributed by atoms with Gasteiger partial charge in [-0.1, -0.05) is 90.3 Å². The smallest absolute Gasteiger partial charge is 0.305 e. The molecule has 1 saturated carbocycles. The molecule has 4 nitrogen and oxygen atoms in total. The minimum Gasteiger partial charge on any atom is -0.469 e. The molecule has 2 rings (SSSR count). The van der Waals surface area contributed by atoms with E-state index >= 15 is 0 Å². The second kappa shape index (κ2) is 14.6. The molecule has 0 amide bonds. The third-order valence-electron chi connectivity index (χ3n) is 8.74. The lowest BCUT2D eigenvalue weighted by Crippen LogP contribution is -2.41. The third-order valence-corrected chi connectivity index (χ3v) is 13.2. The zero-order chi connectivity index (χ0) is 27.6. The highest BCUT2D eigenvalue weighted by molar-refractivity contribution is 6.74. The highest BCUT2D eigenvalue weighted by Crippen LogP contribution is 2.46. The first kappa shape index (κ1) is 31.8. The van der Waals surface area contributed by atoms with Crippen LogP contribution in [0.15, 0.2) is 36.4 Å². The maximum absolute atomic E-state index is 11.3. The summed E-state index contributed by atoms with van der Waals surface area (Å²) in [6, 6.07) is 9.17. The van der Waals surface area contributed by atoms with Gasteiger partial charge in [-0.2, -0.15) is 0 Å². The maximum atomic E-state index is 11.3. The second-order valence-electron chi connectivity index (χ2n) is 12.7. The van der Waals surface area contributed by atoms with Crippen molar-refractivity contribution in [3.8, 4) is 0 Å². The number of unbranched alkanes of at least 4 members (excludes halogenated alkanes) is 3. The van der Waals surface area contributed by atoms with Gasteiger partial charge in [0.1, 0.15) is 0 Å². The van der Waals surface area contributed by atoms with Crippen molar-refractivity contribution in [1.29, 1.82) is 0 Å². The number of ether oxygens (including phenoxy) is 1. The molecule has 1 unspecified atom stereocenters. The highest BCUT2D eigenvalue weighted by atomic mass is 28.4. The number of esters is 1. The van der Waals surface area contributed by atoms with E-state index in [0.29, 0.717) is 18.3 Å². The zero-order valence-electron chi connectivity index (χ0n) is 24.9. The number of aliphatic hydroxyl groups excluding tert-OH is 1. The number of carbonyl (C=O) groups excluding carboxylic acids is 1. The molecule has 0 spiro atoms. The lowest BCUT2D eigenvalue weighted by atomic mass is 9.81. The van der Waals surface area contributed by atoms with E-state index in [0.717, 1.165) is 32.1 Å². The van der Waals surface area contributed by atoms with Crippen molar-refractivity contribution in [2.24, 2.45) is 11.8 Å². The number of hydrogen-bond acceptors (Lipinski definition) is 4. The summed E-state index contributed by atoms with van der Waals surface area (Å²) in [6.45, 7) is 16.2. The van der Waals surface area contributed by atoms with Crippen molar-refractivity contribution in [2.45, 2.75) is 129 Å². The summed E-state index contributed by atoms with van der Waals surface area (Å²) in [4.78, 5) is 11.3. The van der Waals surface area contributed by atoms with Crippen molar-refractivity contribution in [3.63, 3.8) is 0 Å². The molecule has 0 radical (unpaired) electrons. The minimum absolute atomic E-state index is 0.150. The molecule has 210 valence electrons. The van der Waals surface area contributed by atoms with Gasteiger partial charge in [0, 0.05) is 6.42 Å². The Morgan fingerprint density at radius 2 is 1.81 bits per heavy atom. The Labute approximate surface area is 228 Å². The fourth-order valence-electron chi connectivity index (χ4n) is 5.42. The molecule has 0 heterocycles. The number of allylic oxidation sites excluding steroid dienone is 2. The number of rotatable bonds is 14. The first-order valence-electron chi connectivity index (χ1n) is 14.6. The van der Waals surface area contributed by atoms with Gasteiger partial charge in [-0.05, 0) is 79.1 Å². The number of aliphatic hydroxyl groups is 1. The SMILES string of the molecule is CCCCCC(O[Si](C)(C)C(C)(C)C)c1ccc([C@@H]2[C@@H](C/C=C\CCCC(=O)OC)[C@@H](O)C[C@H]2C)cc1. The lowest BCUT2D eigenvalue weighted by molar-refractivity contribution is -0.140. The van der Waals surface area contributed by atoms with Gasteiger partial charge in [0.15, 0.2) is 8.32 Å². The molecule has 0 bridgehead atoms. The Kier molecular flexibility index (Phi) is 12.6. The van der Waals surface area contributed by atoms with Gasteiger partial charge < -0.3 is 14.3 Å². The Hall–Kier alpha value is -1.43. The minimum atomic E-state index is -1.88. The molecule has 1 aliphatic rings. The van der Waals surface area contributed by atoms with Crippen molar-refractivity contribution in [2.75, 3.05) is 7.11 Å². The summed E-state index contributed by atoms with van der Waals surface area (Å²) < 4.78 is 11.6. The summed E-state index contributed by atoms with van der Waals surface area (Å²) in [5.41, 5.74) is 2.62. The molecule has 1 fully saturated rings. The van der Waals surface area contributed by atoms with Crippen LogP contribution in [-0.2, 0) is 14.0 Å². The van der Waals surface area contributed by atoms with E-state index in [4.69, 9.17) is 9.16 Å². The van der Waals surface area contributed by atoms with Crippen molar-refractivity contribution < 1.29 is 19.1 Å². The lowest BCUT2D eigenvalue weighted by Gasteiger charge is -2.39. The monoisotopic (exact) mass is 530 g/mol. The molecule has 0 aliphatic heterocycles. The number of hydrogen-bond donors (Lipinski definition) is 1. The average Bonchev–Trinajstić information content (AvgIpc) is 3.12. The summed E-state index contributed by atoms with van der Waals surface area (Å²) in [7, 11) is -0.449. The highest BCUT2D eigenvalue weighted by Gasteiger charge is 2.41. The molecular weight excluding hydrogens is 476 g/mol. The molecule has 37 heavy (non-hydrogen) atoms. The molecule has 1 aliphatic carbocycles. The fourth-order valence-corrected chi connectivity index (χ4v) is 6.74. The molecule has 0 aromatic heterocycles. The van der Waals surface area contributed by atoms with Crippen LogP contribution in [0.4, 0.5) is 0 Å². The van der Waals surface area contributed by atoms with E-state index in [1.165, 1.54) is 37.5 Å². The van der Waals surface area contributed by atoms with Gasteiger partial charge in [0.05, 0.1) is 19.3 Å². The van der Waals surface area contributed by atoms with Crippen LogP contribution in [0.3, 0.4) is 0 Å². The van der Waals surface area contributed by atoms with E-state index in [2.05, 4.69) is 84.1 Å². The summed E-state index contributed by atoms with van der Waals surface area (Å²) in [5.74, 6) is 0.867. The quantitative estimate of drug-likeness (QED) is 0.113. The van der Waals surface area contributed by atoms with Crippen LogP contribution < -0.4 is 0 Å². The fraction of sp³-hybridized carbons (Fsp3) is 0.719. The summed E-state index contributed by atoms with van der Waals surface area (Å²) >= 11 is 0. The van der Waals surface area contributed by atoms with Crippen LogP contribution in [0.2, 0.25) is 18.1 Å². The standard InChI is InChI=1S/C32H54O4Si/c1-9-10-13-17-29(36-37(7,8)32(3,4)5)25-19-21-26(22-20-25)31-24(2)23-28(33)27(31)16-14-11-12-15-18-30(34)35-6/h11,14,19-22,24,27-29,31,33H,9-10,12-13,15-18,23H2,1-8H3/b14-11-/t24-,27+,28+,29?,31-/m1/s1. The van der Waals surface area contributed by atoms with Gasteiger partial charge in [0.25, 0.3) is 0 Å². The van der Waals surface area contributed by atoms with Crippen molar-refractivity contribution in [3.05, 3.63) is 47.5 Å². The van der Waals surface area contributed by atoms with Gasteiger partial charge in [-0.3, -0.25) is 4.79 Å². The van der Waals surface area contributed by atoms with E-state index in [9.17, 15) is 9.90 Å². The molecule has 1 N–H and O–H groups in total. The number of methoxy groups -OCH3 is 1. The molecule has 5 heteroatoms. The predicted octanol–water partition coefficient (Wildman–Crippen LogP) is 8.72. The Bertz CT molecular complexity index is 839. The van der Waals surface area contributed by atoms with E-state index < -0.39 is 8.32 Å². The van der Waals surface area contributed by atoms with E-state index in [-0.39, 0.29) is 29.1 Å². The number of carbonyl (C=O) groups is 1. The summed E-state index contributed by atoms with van der Waals surface area (Å²) in [6.07, 6.45) is 12.8. The average molecular weight is 531 g/mol. The molecule has 5 atom stereocenters. The predicted molar refractivity (Wildman–Crippen MR) is 157 cm³/mol. The van der Waals surface area contributed by atoms with Crippen LogP contribution in [0, 0.1) is 11.8 Å². The molecular formula is C32H54O4Si. The van der Waals surface area contributed by atoms with Crippen LogP contribution in [0.5, 0.6) is 0 Å². The molecule has 1 aromatic rings. The van der Waals surface area contributed by atoms with Crippen molar-refractivity contribution in [1.82, 2.24) is 0 Å². The molecule has 1 aromatic carbocycles. The normalized spacial score (nSPS) is 23.5. The van der Waals surface area contributed by atoms with Crippen LogP contribution in [0.1, 0.15) is 116 Å². The first-order chi connectivity index (χ1) is 17.4. The maximum Gasteiger partial charge on any atom is 0.305 e. The van der Waals surface area contributed by atoms with Gasteiger partial charge in [-0.15, -0.1) is 0 Å². The van der Waals surface area contributed by atoms with E-state index in [1.54, 1.807) is 0 Å². The third kappa shape index (κ3) is 9.37. The summed E-state index contributed by atoms with van der Waals surface area (Å²) in [5, 5.41) is 11.0.